The molecule has 0 bridgehead atoms. The lowest BCUT2D eigenvalue weighted by Gasteiger charge is -2.13. The fraction of sp³-hybridized carbons (Fsp3) is 0.294. The number of hydrogen-bond acceptors (Lipinski definition) is 2. The molecule has 0 aliphatic heterocycles. The van der Waals surface area contributed by atoms with Crippen molar-refractivity contribution in [2.75, 3.05) is 6.54 Å². The van der Waals surface area contributed by atoms with Crippen LogP contribution in [0.5, 0.6) is 5.75 Å². The van der Waals surface area contributed by atoms with Crippen LogP contribution in [-0.4, -0.2) is 6.54 Å². The van der Waals surface area contributed by atoms with Crippen molar-refractivity contribution in [1.29, 1.82) is 0 Å². The Morgan fingerprint density at radius 2 is 1.85 bits per heavy atom. The molecule has 2 aromatic carbocycles. The van der Waals surface area contributed by atoms with Crippen molar-refractivity contribution < 1.29 is 4.74 Å². The van der Waals surface area contributed by atoms with E-state index in [0.29, 0.717) is 11.6 Å². The van der Waals surface area contributed by atoms with Gasteiger partial charge in [0.15, 0.2) is 0 Å². The van der Waals surface area contributed by atoms with Gasteiger partial charge in [-0.05, 0) is 25.1 Å². The Bertz CT molecular complexity index is 551. The van der Waals surface area contributed by atoms with Crippen LogP contribution in [0.2, 0.25) is 5.02 Å². The van der Waals surface area contributed by atoms with Gasteiger partial charge in [-0.15, -0.1) is 0 Å². The molecular weight excluding hydrogens is 270 g/mol. The van der Waals surface area contributed by atoms with E-state index in [2.05, 4.69) is 43.4 Å². The monoisotopic (exact) mass is 289 g/mol. The van der Waals surface area contributed by atoms with Crippen LogP contribution in [0, 0.1) is 6.92 Å². The molecule has 2 aromatic rings. The highest BCUT2D eigenvalue weighted by atomic mass is 35.5. The average Bonchev–Trinajstić information content (AvgIpc) is 2.46. The molecule has 0 aliphatic carbocycles. The van der Waals surface area contributed by atoms with E-state index in [1.807, 2.05) is 18.2 Å². The topological polar surface area (TPSA) is 21.3 Å². The maximum atomic E-state index is 6.25. The third-order valence-electron chi connectivity index (χ3n) is 3.12. The maximum absolute atomic E-state index is 6.25. The number of para-hydroxylation sites is 1. The second-order valence-electron chi connectivity index (χ2n) is 4.78. The van der Waals surface area contributed by atoms with Crippen molar-refractivity contribution in [3.8, 4) is 5.75 Å². The molecule has 0 spiro atoms. The Morgan fingerprint density at radius 1 is 1.10 bits per heavy atom. The van der Waals surface area contributed by atoms with Gasteiger partial charge in [0.2, 0.25) is 0 Å². The Hall–Kier alpha value is -1.51. The summed E-state index contributed by atoms with van der Waals surface area (Å²) in [5.74, 6) is 0.774. The molecule has 20 heavy (non-hydrogen) atoms. The number of hydrogen-bond donors (Lipinski definition) is 1. The molecule has 3 heteroatoms. The first kappa shape index (κ1) is 14.9. The molecule has 0 unspecified atom stereocenters. The van der Waals surface area contributed by atoms with Gasteiger partial charge < -0.3 is 10.1 Å². The van der Waals surface area contributed by atoms with Crippen molar-refractivity contribution in [2.24, 2.45) is 0 Å². The number of benzene rings is 2. The molecule has 106 valence electrons. The van der Waals surface area contributed by atoms with E-state index >= 15 is 0 Å². The minimum Gasteiger partial charge on any atom is -0.487 e. The van der Waals surface area contributed by atoms with Crippen LogP contribution in [0.15, 0.2) is 42.5 Å². The van der Waals surface area contributed by atoms with Crippen molar-refractivity contribution in [3.63, 3.8) is 0 Å². The molecule has 0 fully saturated rings. The van der Waals surface area contributed by atoms with E-state index in [-0.39, 0.29) is 0 Å². The van der Waals surface area contributed by atoms with Gasteiger partial charge in [-0.3, -0.25) is 0 Å². The summed E-state index contributed by atoms with van der Waals surface area (Å²) in [6.07, 6.45) is 0. The highest BCUT2D eigenvalue weighted by Crippen LogP contribution is 2.29. The van der Waals surface area contributed by atoms with Crippen molar-refractivity contribution in [1.82, 2.24) is 5.32 Å². The summed E-state index contributed by atoms with van der Waals surface area (Å²) in [5, 5.41) is 3.96. The second kappa shape index (κ2) is 7.32. The minimum absolute atomic E-state index is 0.531. The van der Waals surface area contributed by atoms with Crippen LogP contribution in [0.1, 0.15) is 23.6 Å². The highest BCUT2D eigenvalue weighted by molar-refractivity contribution is 6.32. The predicted octanol–water partition coefficient (Wildman–Crippen LogP) is 4.34. The van der Waals surface area contributed by atoms with Crippen LogP contribution >= 0.6 is 11.6 Å². The van der Waals surface area contributed by atoms with E-state index in [4.69, 9.17) is 16.3 Å². The molecule has 0 heterocycles. The lowest BCUT2D eigenvalue weighted by atomic mass is 10.1. The van der Waals surface area contributed by atoms with Gasteiger partial charge >= 0.3 is 0 Å². The molecule has 2 rings (SSSR count). The van der Waals surface area contributed by atoms with Gasteiger partial charge in [0.25, 0.3) is 0 Å². The number of ether oxygens (including phenoxy) is 1. The first-order valence-electron chi connectivity index (χ1n) is 6.87. The van der Waals surface area contributed by atoms with Crippen LogP contribution in [0.25, 0.3) is 0 Å². The predicted molar refractivity (Wildman–Crippen MR) is 84.3 cm³/mol. The molecule has 0 atom stereocenters. The molecule has 0 radical (unpaired) electrons. The summed E-state index contributed by atoms with van der Waals surface area (Å²) in [7, 11) is 0. The number of nitrogens with one attached hydrogen (secondary N) is 1. The molecule has 0 saturated heterocycles. The number of halogens is 1. The lowest BCUT2D eigenvalue weighted by molar-refractivity contribution is 0.302. The Balaban J connectivity index is 2.09. The maximum Gasteiger partial charge on any atom is 0.142 e. The summed E-state index contributed by atoms with van der Waals surface area (Å²) in [6, 6.07) is 14.2. The van der Waals surface area contributed by atoms with Crippen LogP contribution in [0.4, 0.5) is 0 Å². The first-order chi connectivity index (χ1) is 9.70. The summed E-state index contributed by atoms with van der Waals surface area (Å²) in [4.78, 5) is 0. The first-order valence-corrected chi connectivity index (χ1v) is 7.25. The van der Waals surface area contributed by atoms with E-state index in [1.165, 1.54) is 5.56 Å². The molecule has 2 nitrogen and oxygen atoms in total. The van der Waals surface area contributed by atoms with Gasteiger partial charge in [0.05, 0.1) is 5.02 Å². The molecule has 0 amide bonds. The van der Waals surface area contributed by atoms with Gasteiger partial charge in [-0.2, -0.15) is 0 Å². The fourth-order valence-corrected chi connectivity index (χ4v) is 2.20. The molecular formula is C17H20ClNO. The zero-order valence-corrected chi connectivity index (χ0v) is 12.7. The van der Waals surface area contributed by atoms with Crippen LogP contribution < -0.4 is 10.1 Å². The minimum atomic E-state index is 0.531. The van der Waals surface area contributed by atoms with E-state index in [9.17, 15) is 0 Å². The Morgan fingerprint density at radius 3 is 2.55 bits per heavy atom. The van der Waals surface area contributed by atoms with E-state index < -0.39 is 0 Å². The lowest BCUT2D eigenvalue weighted by Crippen LogP contribution is -2.13. The summed E-state index contributed by atoms with van der Waals surface area (Å²) >= 11 is 6.25. The fourth-order valence-electron chi connectivity index (χ4n) is 1.95. The highest BCUT2D eigenvalue weighted by Gasteiger charge is 2.08. The number of aryl methyl sites for hydroxylation is 1. The zero-order valence-electron chi connectivity index (χ0n) is 11.9. The third kappa shape index (κ3) is 3.99. The second-order valence-corrected chi connectivity index (χ2v) is 5.19. The van der Waals surface area contributed by atoms with Crippen molar-refractivity contribution in [2.45, 2.75) is 27.0 Å². The number of rotatable bonds is 6. The van der Waals surface area contributed by atoms with E-state index in [0.717, 1.165) is 30.0 Å². The standard InChI is InChI=1S/C17H20ClNO/c1-3-19-11-15-5-4-6-16(18)17(15)20-12-14-9-7-13(2)8-10-14/h4-10,19H,3,11-12H2,1-2H3. The van der Waals surface area contributed by atoms with Crippen LogP contribution in [-0.2, 0) is 13.2 Å². The summed E-state index contributed by atoms with van der Waals surface area (Å²) < 4.78 is 5.92. The van der Waals surface area contributed by atoms with Crippen LogP contribution in [0.3, 0.4) is 0 Å². The van der Waals surface area contributed by atoms with Gasteiger partial charge in [0.1, 0.15) is 12.4 Å². The Kier molecular flexibility index (Phi) is 5.45. The van der Waals surface area contributed by atoms with E-state index in [1.54, 1.807) is 0 Å². The SMILES string of the molecule is CCNCc1cccc(Cl)c1OCc1ccc(C)cc1. The Labute approximate surface area is 125 Å². The normalized spacial score (nSPS) is 10.6. The smallest absolute Gasteiger partial charge is 0.142 e. The zero-order chi connectivity index (χ0) is 14.4. The van der Waals surface area contributed by atoms with Gasteiger partial charge in [-0.1, -0.05) is 60.5 Å². The summed E-state index contributed by atoms with van der Waals surface area (Å²) in [6.45, 7) is 6.37. The van der Waals surface area contributed by atoms with Crippen molar-refractivity contribution in [3.05, 3.63) is 64.2 Å². The molecule has 0 aromatic heterocycles. The quantitative estimate of drug-likeness (QED) is 0.854. The average molecular weight is 290 g/mol. The molecule has 1 N–H and O–H groups in total. The van der Waals surface area contributed by atoms with Crippen molar-refractivity contribution >= 4 is 11.6 Å². The van der Waals surface area contributed by atoms with Gasteiger partial charge in [0, 0.05) is 12.1 Å². The third-order valence-corrected chi connectivity index (χ3v) is 3.42. The van der Waals surface area contributed by atoms with Gasteiger partial charge in [-0.25, -0.2) is 0 Å². The molecule has 0 saturated carbocycles. The molecule has 0 aliphatic rings. The summed E-state index contributed by atoms with van der Waals surface area (Å²) in [5.41, 5.74) is 3.48. The largest absolute Gasteiger partial charge is 0.487 e.